The van der Waals surface area contributed by atoms with Crippen molar-refractivity contribution in [3.63, 3.8) is 0 Å². The van der Waals surface area contributed by atoms with Gasteiger partial charge in [-0.3, -0.25) is 4.79 Å². The van der Waals surface area contributed by atoms with Crippen molar-refractivity contribution in [3.8, 4) is 0 Å². The van der Waals surface area contributed by atoms with Crippen molar-refractivity contribution in [2.24, 2.45) is 0 Å². The van der Waals surface area contributed by atoms with Crippen LogP contribution in [0.3, 0.4) is 0 Å². The van der Waals surface area contributed by atoms with E-state index in [9.17, 15) is 9.18 Å². The van der Waals surface area contributed by atoms with Gasteiger partial charge in [-0.2, -0.15) is 16.2 Å². The van der Waals surface area contributed by atoms with Gasteiger partial charge < -0.3 is 10.4 Å². The molecule has 0 spiro atoms. The summed E-state index contributed by atoms with van der Waals surface area (Å²) in [5, 5.41) is 11.2. The predicted molar refractivity (Wildman–Crippen MR) is 65.6 cm³/mol. The molecule has 0 fully saturated rings. The minimum Gasteiger partial charge on any atom is -0.396 e. The van der Waals surface area contributed by atoms with Crippen LogP contribution in [-0.2, 0) is 0 Å². The van der Waals surface area contributed by atoms with Crippen LogP contribution in [0.1, 0.15) is 16.9 Å². The first-order valence-electron chi connectivity index (χ1n) is 5.33. The van der Waals surface area contributed by atoms with Gasteiger partial charge in [0.25, 0.3) is 5.91 Å². The monoisotopic (exact) mass is 258 g/mol. The van der Waals surface area contributed by atoms with Gasteiger partial charge in [0, 0.05) is 18.9 Å². The highest BCUT2D eigenvalue weighted by atomic mass is 32.2. The standard InChI is InChI=1S/C11H15FN2O2S/c12-10-4-1-3-9(14-10)11(16)13-5-8-17-7-2-6-15/h1,3-4,15H,2,5-8H2,(H,13,16). The molecule has 0 aromatic carbocycles. The number of halogens is 1. The average molecular weight is 258 g/mol. The van der Waals surface area contributed by atoms with Crippen LogP contribution in [0.5, 0.6) is 0 Å². The maximum Gasteiger partial charge on any atom is 0.270 e. The summed E-state index contributed by atoms with van der Waals surface area (Å²) >= 11 is 1.65. The van der Waals surface area contributed by atoms with Crippen molar-refractivity contribution in [1.29, 1.82) is 0 Å². The Labute approximate surface area is 104 Å². The summed E-state index contributed by atoms with van der Waals surface area (Å²) < 4.78 is 12.7. The zero-order valence-corrected chi connectivity index (χ0v) is 10.2. The number of nitrogens with zero attached hydrogens (tertiary/aromatic N) is 1. The van der Waals surface area contributed by atoms with Crippen LogP contribution in [-0.4, -0.2) is 40.7 Å². The number of aliphatic hydroxyl groups excluding tert-OH is 1. The molecule has 0 atom stereocenters. The van der Waals surface area contributed by atoms with E-state index in [0.717, 1.165) is 17.9 Å². The molecule has 1 aromatic rings. The molecule has 6 heteroatoms. The quantitative estimate of drug-likeness (QED) is 0.567. The molecule has 0 bridgehead atoms. The molecule has 0 unspecified atom stereocenters. The molecule has 1 heterocycles. The molecular weight excluding hydrogens is 243 g/mol. The van der Waals surface area contributed by atoms with E-state index in [0.29, 0.717) is 6.54 Å². The highest BCUT2D eigenvalue weighted by molar-refractivity contribution is 7.99. The van der Waals surface area contributed by atoms with Crippen LogP contribution in [0.25, 0.3) is 0 Å². The Morgan fingerprint density at radius 3 is 3.00 bits per heavy atom. The molecule has 0 radical (unpaired) electrons. The van der Waals surface area contributed by atoms with Crippen LogP contribution in [0.2, 0.25) is 0 Å². The summed E-state index contributed by atoms with van der Waals surface area (Å²) in [5.41, 5.74) is 0.0883. The highest BCUT2D eigenvalue weighted by Crippen LogP contribution is 2.01. The molecule has 0 aliphatic heterocycles. The lowest BCUT2D eigenvalue weighted by Gasteiger charge is -2.04. The number of aromatic nitrogens is 1. The van der Waals surface area contributed by atoms with Gasteiger partial charge in [0.05, 0.1) is 0 Å². The van der Waals surface area contributed by atoms with Gasteiger partial charge in [-0.25, -0.2) is 4.98 Å². The average Bonchev–Trinajstić information content (AvgIpc) is 2.33. The molecule has 17 heavy (non-hydrogen) atoms. The maximum absolute atomic E-state index is 12.7. The van der Waals surface area contributed by atoms with E-state index in [1.807, 2.05) is 0 Å². The number of rotatable bonds is 7. The van der Waals surface area contributed by atoms with Gasteiger partial charge in [-0.05, 0) is 24.3 Å². The van der Waals surface area contributed by atoms with E-state index in [4.69, 9.17) is 5.11 Å². The van der Waals surface area contributed by atoms with Gasteiger partial charge in [-0.15, -0.1) is 0 Å². The second-order valence-corrected chi connectivity index (χ2v) is 4.52. The third-order valence-corrected chi connectivity index (χ3v) is 3.00. The van der Waals surface area contributed by atoms with E-state index >= 15 is 0 Å². The SMILES string of the molecule is O=C(NCCSCCCO)c1cccc(F)n1. The number of hydrogen-bond donors (Lipinski definition) is 2. The molecule has 2 N–H and O–H groups in total. The Morgan fingerprint density at radius 1 is 1.47 bits per heavy atom. The minimum absolute atomic E-state index is 0.0883. The lowest BCUT2D eigenvalue weighted by Crippen LogP contribution is -2.26. The third kappa shape index (κ3) is 5.65. The van der Waals surface area contributed by atoms with Crippen molar-refractivity contribution in [2.75, 3.05) is 24.7 Å². The summed E-state index contributed by atoms with van der Waals surface area (Å²) in [4.78, 5) is 15.0. The van der Waals surface area contributed by atoms with E-state index < -0.39 is 5.95 Å². The second-order valence-electron chi connectivity index (χ2n) is 3.29. The number of carbonyl (C=O) groups excluding carboxylic acids is 1. The van der Waals surface area contributed by atoms with Crippen LogP contribution in [0, 0.1) is 5.95 Å². The van der Waals surface area contributed by atoms with Crippen molar-refractivity contribution < 1.29 is 14.3 Å². The van der Waals surface area contributed by atoms with Crippen molar-refractivity contribution in [2.45, 2.75) is 6.42 Å². The van der Waals surface area contributed by atoms with Gasteiger partial charge in [-0.1, -0.05) is 6.07 Å². The molecule has 0 saturated heterocycles. The molecule has 1 amide bonds. The van der Waals surface area contributed by atoms with E-state index in [1.54, 1.807) is 11.8 Å². The van der Waals surface area contributed by atoms with Crippen LogP contribution in [0.15, 0.2) is 18.2 Å². The van der Waals surface area contributed by atoms with Crippen molar-refractivity contribution in [1.82, 2.24) is 10.3 Å². The summed E-state index contributed by atoms with van der Waals surface area (Å²) in [6, 6.07) is 4.12. The topological polar surface area (TPSA) is 62.2 Å². The zero-order valence-electron chi connectivity index (χ0n) is 9.36. The first-order valence-corrected chi connectivity index (χ1v) is 6.49. The molecule has 94 valence electrons. The van der Waals surface area contributed by atoms with Gasteiger partial charge in [0.2, 0.25) is 5.95 Å². The van der Waals surface area contributed by atoms with Gasteiger partial charge >= 0.3 is 0 Å². The highest BCUT2D eigenvalue weighted by Gasteiger charge is 2.06. The molecule has 0 aliphatic carbocycles. The summed E-state index contributed by atoms with van der Waals surface area (Å²) in [5.74, 6) is 0.605. The fourth-order valence-electron chi connectivity index (χ4n) is 1.13. The normalized spacial score (nSPS) is 10.2. The van der Waals surface area contributed by atoms with E-state index in [1.165, 1.54) is 18.2 Å². The fourth-order valence-corrected chi connectivity index (χ4v) is 1.91. The number of aliphatic hydroxyl groups is 1. The molecule has 1 rings (SSSR count). The number of pyridine rings is 1. The first-order chi connectivity index (χ1) is 8.24. The summed E-state index contributed by atoms with van der Waals surface area (Å²) in [6.45, 7) is 0.694. The smallest absolute Gasteiger partial charge is 0.270 e. The van der Waals surface area contributed by atoms with Gasteiger partial charge in [0.15, 0.2) is 0 Å². The number of thioether (sulfide) groups is 1. The van der Waals surface area contributed by atoms with E-state index in [2.05, 4.69) is 10.3 Å². The second kappa shape index (κ2) is 8.03. The Kier molecular flexibility index (Phi) is 6.57. The Balaban J connectivity index is 2.21. The fraction of sp³-hybridized carbons (Fsp3) is 0.455. The minimum atomic E-state index is -0.657. The molecule has 0 aliphatic rings. The summed E-state index contributed by atoms with van der Waals surface area (Å²) in [7, 11) is 0. The number of amides is 1. The summed E-state index contributed by atoms with van der Waals surface area (Å²) in [6.07, 6.45) is 0.754. The van der Waals surface area contributed by atoms with Crippen LogP contribution in [0.4, 0.5) is 4.39 Å². The predicted octanol–water partition coefficient (Wildman–Crippen LogP) is 1.07. The van der Waals surface area contributed by atoms with Crippen molar-refractivity contribution >= 4 is 17.7 Å². The zero-order chi connectivity index (χ0) is 12.5. The first kappa shape index (κ1) is 13.9. The van der Waals surface area contributed by atoms with Gasteiger partial charge in [0.1, 0.15) is 5.69 Å². The van der Waals surface area contributed by atoms with Crippen molar-refractivity contribution in [3.05, 3.63) is 29.8 Å². The number of hydrogen-bond acceptors (Lipinski definition) is 4. The number of carbonyl (C=O) groups is 1. The number of nitrogens with one attached hydrogen (secondary N) is 1. The third-order valence-electron chi connectivity index (χ3n) is 1.93. The largest absolute Gasteiger partial charge is 0.396 e. The Bertz CT molecular complexity index is 363. The lowest BCUT2D eigenvalue weighted by molar-refractivity contribution is 0.0950. The Morgan fingerprint density at radius 2 is 2.29 bits per heavy atom. The molecular formula is C11H15FN2O2S. The molecule has 4 nitrogen and oxygen atoms in total. The van der Waals surface area contributed by atoms with Crippen LogP contribution < -0.4 is 5.32 Å². The maximum atomic E-state index is 12.7. The lowest BCUT2D eigenvalue weighted by atomic mass is 10.3. The molecule has 0 saturated carbocycles. The van der Waals surface area contributed by atoms with Crippen LogP contribution >= 0.6 is 11.8 Å². The Hall–Kier alpha value is -1.14. The van der Waals surface area contributed by atoms with E-state index in [-0.39, 0.29) is 18.2 Å². The molecule has 1 aromatic heterocycles.